The van der Waals surface area contributed by atoms with Crippen LogP contribution in [0, 0.1) is 0 Å². The average molecular weight is 422 g/mol. The van der Waals surface area contributed by atoms with Crippen molar-refractivity contribution in [3.8, 4) is 0 Å². The number of carbonyl (C=O) groups excluding carboxylic acids is 2. The van der Waals surface area contributed by atoms with Crippen LogP contribution < -0.4 is 10.2 Å². The van der Waals surface area contributed by atoms with Crippen LogP contribution in [0.15, 0.2) is 54.6 Å². The monoisotopic (exact) mass is 421 g/mol. The van der Waals surface area contributed by atoms with Crippen LogP contribution in [-0.2, 0) is 11.2 Å². The number of carbonyl (C=O) groups is 2. The molecule has 3 heterocycles. The maximum Gasteiger partial charge on any atom is 0.329 e. The molecule has 1 aromatic heterocycles. The topological polar surface area (TPSA) is 66.7 Å². The van der Waals surface area contributed by atoms with Gasteiger partial charge in [0.05, 0.1) is 16.8 Å². The first-order valence-corrected chi connectivity index (χ1v) is 11.4. The lowest BCUT2D eigenvalue weighted by Gasteiger charge is -2.33. The van der Waals surface area contributed by atoms with Crippen LogP contribution in [0.1, 0.15) is 35.9 Å². The predicted molar refractivity (Wildman–Crippen MR) is 116 cm³/mol. The summed E-state index contributed by atoms with van der Waals surface area (Å²) in [7, 11) is 0. The summed E-state index contributed by atoms with van der Waals surface area (Å²) < 4.78 is 1.19. The summed E-state index contributed by atoms with van der Waals surface area (Å²) in [4.78, 5) is 33.1. The van der Waals surface area contributed by atoms with Crippen molar-refractivity contribution in [2.24, 2.45) is 0 Å². The van der Waals surface area contributed by atoms with E-state index in [-0.39, 0.29) is 18.0 Å². The number of nitrogens with one attached hydrogen (secondary N) is 2. The molecule has 6 nitrogen and oxygen atoms in total. The molecule has 0 radical (unpaired) electrons. The van der Waals surface area contributed by atoms with Gasteiger partial charge in [0.15, 0.2) is 11.7 Å². The number of quaternary nitrogens is 1. The number of likely N-dealkylation sites (tertiary alicyclic amines) is 1. The lowest BCUT2D eigenvalue weighted by Crippen LogP contribution is -3.14. The molecule has 0 bridgehead atoms. The van der Waals surface area contributed by atoms with E-state index >= 15 is 0 Å². The Morgan fingerprint density at radius 3 is 2.70 bits per heavy atom. The Balaban J connectivity index is 1.33. The molecule has 1 unspecified atom stereocenters. The molecule has 2 fully saturated rings. The molecular formula is C23H25N4O2S+. The third-order valence-corrected chi connectivity index (χ3v) is 7.24. The number of aromatic nitrogens is 1. The second kappa shape index (κ2) is 8.16. The maximum absolute atomic E-state index is 13.0. The van der Waals surface area contributed by atoms with Gasteiger partial charge in [0, 0.05) is 12.8 Å². The number of thiazole rings is 1. The summed E-state index contributed by atoms with van der Waals surface area (Å²) in [6, 6.07) is 17.5. The second-order valence-electron chi connectivity index (χ2n) is 8.09. The van der Waals surface area contributed by atoms with Crippen molar-refractivity contribution in [1.82, 2.24) is 15.2 Å². The molecular weight excluding hydrogens is 396 g/mol. The number of urea groups is 1. The molecule has 2 aromatic carbocycles. The molecule has 0 saturated carbocycles. The fraction of sp³-hybridized carbons (Fsp3) is 0.348. The van der Waals surface area contributed by atoms with E-state index in [9.17, 15) is 9.59 Å². The molecule has 3 aromatic rings. The van der Waals surface area contributed by atoms with Crippen molar-refractivity contribution in [3.63, 3.8) is 0 Å². The maximum atomic E-state index is 13.0. The van der Waals surface area contributed by atoms with Gasteiger partial charge in [0.25, 0.3) is 5.91 Å². The Labute approximate surface area is 179 Å². The molecule has 2 aliphatic heterocycles. The smallest absolute Gasteiger partial charge is 0.325 e. The van der Waals surface area contributed by atoms with Gasteiger partial charge in [-0.2, -0.15) is 0 Å². The molecule has 154 valence electrons. The number of imide groups is 1. The zero-order valence-corrected chi connectivity index (χ0v) is 17.5. The summed E-state index contributed by atoms with van der Waals surface area (Å²) in [5.41, 5.74) is 2.08. The molecule has 2 aliphatic rings. The largest absolute Gasteiger partial charge is 0.329 e. The van der Waals surface area contributed by atoms with Crippen molar-refractivity contribution >= 4 is 33.5 Å². The molecule has 7 heteroatoms. The van der Waals surface area contributed by atoms with Crippen LogP contribution in [-0.4, -0.2) is 41.1 Å². The Hall–Kier alpha value is -2.77. The van der Waals surface area contributed by atoms with Gasteiger partial charge in [-0.25, -0.2) is 14.7 Å². The second-order valence-corrected chi connectivity index (χ2v) is 9.15. The van der Waals surface area contributed by atoms with E-state index < -0.39 is 6.04 Å². The first-order chi connectivity index (χ1) is 14.7. The highest BCUT2D eigenvalue weighted by Gasteiger charge is 2.42. The number of amides is 3. The molecule has 0 spiro atoms. The summed E-state index contributed by atoms with van der Waals surface area (Å²) in [6.07, 6.45) is 3.82. The highest BCUT2D eigenvalue weighted by atomic mass is 32.1. The van der Waals surface area contributed by atoms with Crippen molar-refractivity contribution in [1.29, 1.82) is 0 Å². The lowest BCUT2D eigenvalue weighted by atomic mass is 10.0. The SMILES string of the molecule is O=C1N[C@@H](Cc2ccccc2)C(=O)N1C[NH+]1CCCC[C@@H]1c1nc2ccccc2s1. The fourth-order valence-corrected chi connectivity index (χ4v) is 5.68. The van der Waals surface area contributed by atoms with Gasteiger partial charge in [0.1, 0.15) is 12.1 Å². The van der Waals surface area contributed by atoms with E-state index in [4.69, 9.17) is 4.98 Å². The zero-order valence-electron chi connectivity index (χ0n) is 16.7. The van der Waals surface area contributed by atoms with Crippen LogP contribution in [0.25, 0.3) is 10.2 Å². The number of nitrogens with zero attached hydrogens (tertiary/aromatic N) is 2. The summed E-state index contributed by atoms with van der Waals surface area (Å²) in [5.74, 6) is -0.120. The minimum Gasteiger partial charge on any atom is -0.325 e. The van der Waals surface area contributed by atoms with Gasteiger partial charge in [-0.05, 0) is 30.5 Å². The quantitative estimate of drug-likeness (QED) is 0.622. The Kier molecular flexibility index (Phi) is 5.23. The number of benzene rings is 2. The van der Waals surface area contributed by atoms with Crippen LogP contribution in [0.3, 0.4) is 0 Å². The molecule has 0 aliphatic carbocycles. The molecule has 2 saturated heterocycles. The Morgan fingerprint density at radius 1 is 1.07 bits per heavy atom. The highest BCUT2D eigenvalue weighted by molar-refractivity contribution is 7.18. The third-order valence-electron chi connectivity index (χ3n) is 6.09. The number of para-hydroxylation sites is 1. The zero-order chi connectivity index (χ0) is 20.5. The van der Waals surface area contributed by atoms with Crippen LogP contribution in [0.5, 0.6) is 0 Å². The van der Waals surface area contributed by atoms with E-state index in [1.165, 1.54) is 14.5 Å². The normalized spacial score (nSPS) is 24.4. The van der Waals surface area contributed by atoms with Gasteiger partial charge in [-0.1, -0.05) is 42.5 Å². The summed E-state index contributed by atoms with van der Waals surface area (Å²) in [5, 5.41) is 3.99. The van der Waals surface area contributed by atoms with Gasteiger partial charge >= 0.3 is 6.03 Å². The van der Waals surface area contributed by atoms with E-state index in [0.717, 1.165) is 41.9 Å². The standard InChI is InChI=1S/C23H24N4O2S/c28-22-18(14-16-8-2-1-3-9-16)25-23(29)27(22)15-26-13-7-6-11-19(26)21-24-17-10-4-5-12-20(17)30-21/h1-5,8-10,12,18-19H,6-7,11,13-15H2,(H,25,29)/p+1/t18-,19+/m0/s1. The van der Waals surface area contributed by atoms with E-state index in [2.05, 4.69) is 11.4 Å². The van der Waals surface area contributed by atoms with Crippen molar-refractivity contribution in [2.75, 3.05) is 13.2 Å². The van der Waals surface area contributed by atoms with Gasteiger partial charge in [-0.15, -0.1) is 11.3 Å². The summed E-state index contributed by atoms with van der Waals surface area (Å²) >= 11 is 1.73. The lowest BCUT2D eigenvalue weighted by molar-refractivity contribution is -0.943. The average Bonchev–Trinajstić information content (AvgIpc) is 3.31. The molecule has 2 N–H and O–H groups in total. The number of hydrogen-bond acceptors (Lipinski definition) is 4. The van der Waals surface area contributed by atoms with Crippen molar-refractivity contribution < 1.29 is 14.5 Å². The fourth-order valence-electron chi connectivity index (χ4n) is 4.52. The first kappa shape index (κ1) is 19.2. The summed E-state index contributed by atoms with van der Waals surface area (Å²) in [6.45, 7) is 1.34. The number of rotatable bonds is 5. The minimum absolute atomic E-state index is 0.120. The number of hydrogen-bond donors (Lipinski definition) is 2. The minimum atomic E-state index is -0.481. The van der Waals surface area contributed by atoms with Crippen molar-refractivity contribution in [2.45, 2.75) is 37.8 Å². The predicted octanol–water partition coefficient (Wildman–Crippen LogP) is 2.53. The molecule has 5 rings (SSSR count). The van der Waals surface area contributed by atoms with E-state index in [0.29, 0.717) is 13.1 Å². The van der Waals surface area contributed by atoms with Gasteiger partial charge in [-0.3, -0.25) is 4.79 Å². The van der Waals surface area contributed by atoms with E-state index in [1.54, 1.807) is 11.3 Å². The molecule has 3 amide bonds. The molecule has 3 atom stereocenters. The first-order valence-electron chi connectivity index (χ1n) is 10.5. The number of piperidine rings is 1. The van der Waals surface area contributed by atoms with Crippen LogP contribution >= 0.6 is 11.3 Å². The molecule has 30 heavy (non-hydrogen) atoms. The van der Waals surface area contributed by atoms with Crippen LogP contribution in [0.2, 0.25) is 0 Å². The van der Waals surface area contributed by atoms with E-state index in [1.807, 2.05) is 48.5 Å². The Morgan fingerprint density at radius 2 is 1.87 bits per heavy atom. The van der Waals surface area contributed by atoms with Crippen LogP contribution in [0.4, 0.5) is 4.79 Å². The van der Waals surface area contributed by atoms with Gasteiger partial charge < -0.3 is 10.2 Å². The Bertz CT molecular complexity index is 1030. The highest BCUT2D eigenvalue weighted by Crippen LogP contribution is 2.28. The van der Waals surface area contributed by atoms with Gasteiger partial charge in [0.2, 0.25) is 0 Å². The third kappa shape index (κ3) is 3.70. The van der Waals surface area contributed by atoms with Crippen molar-refractivity contribution in [3.05, 3.63) is 65.2 Å². The number of fused-ring (bicyclic) bond motifs is 1.